The molecule has 18 heavy (non-hydrogen) atoms. The number of aliphatic carboxylic acids is 2. The molecule has 8 nitrogen and oxygen atoms in total. The van der Waals surface area contributed by atoms with Crippen molar-refractivity contribution >= 4 is 18.0 Å². The fourth-order valence-electron chi connectivity index (χ4n) is 1.73. The van der Waals surface area contributed by atoms with Gasteiger partial charge in [0, 0.05) is 6.54 Å². The number of rotatable bonds is 4. The smallest absolute Gasteiger partial charge is 0.326 e. The molecule has 1 fully saturated rings. The summed E-state index contributed by atoms with van der Waals surface area (Å²) in [5, 5.41) is 29.1. The first-order valence-electron chi connectivity index (χ1n) is 5.44. The van der Waals surface area contributed by atoms with E-state index in [1.807, 2.05) is 0 Å². The Morgan fingerprint density at radius 2 is 2.00 bits per heavy atom. The van der Waals surface area contributed by atoms with Gasteiger partial charge in [-0.25, -0.2) is 9.59 Å². The molecule has 1 aliphatic rings. The maximum absolute atomic E-state index is 11.7. The highest BCUT2D eigenvalue weighted by atomic mass is 16.4. The summed E-state index contributed by atoms with van der Waals surface area (Å²) in [5.41, 5.74) is -0.983. The summed E-state index contributed by atoms with van der Waals surface area (Å²) in [6, 6.07) is -2.15. The van der Waals surface area contributed by atoms with Gasteiger partial charge >= 0.3 is 18.0 Å². The summed E-state index contributed by atoms with van der Waals surface area (Å²) < 4.78 is 0. The van der Waals surface area contributed by atoms with E-state index in [-0.39, 0.29) is 6.54 Å². The van der Waals surface area contributed by atoms with Gasteiger partial charge in [-0.3, -0.25) is 4.79 Å². The second-order valence-corrected chi connectivity index (χ2v) is 4.61. The minimum absolute atomic E-state index is 0.0955. The van der Waals surface area contributed by atoms with Crippen molar-refractivity contribution in [1.82, 2.24) is 10.2 Å². The molecule has 1 rings (SSSR count). The third kappa shape index (κ3) is 3.88. The lowest BCUT2D eigenvalue weighted by molar-refractivity contribution is -0.145. The van der Waals surface area contributed by atoms with Crippen molar-refractivity contribution in [1.29, 1.82) is 0 Å². The van der Waals surface area contributed by atoms with Crippen molar-refractivity contribution in [3.63, 3.8) is 0 Å². The molecule has 2 amide bonds. The minimum atomic E-state index is -1.47. The fourth-order valence-corrected chi connectivity index (χ4v) is 1.73. The van der Waals surface area contributed by atoms with Crippen molar-refractivity contribution in [2.24, 2.45) is 0 Å². The van der Waals surface area contributed by atoms with Crippen LogP contribution >= 0.6 is 0 Å². The zero-order valence-corrected chi connectivity index (χ0v) is 9.92. The van der Waals surface area contributed by atoms with Crippen molar-refractivity contribution in [2.75, 3.05) is 13.1 Å². The predicted molar refractivity (Wildman–Crippen MR) is 59.0 cm³/mol. The van der Waals surface area contributed by atoms with E-state index in [1.54, 1.807) is 6.92 Å². The molecule has 0 radical (unpaired) electrons. The third-order valence-corrected chi connectivity index (χ3v) is 2.71. The van der Waals surface area contributed by atoms with Gasteiger partial charge < -0.3 is 25.5 Å². The molecule has 0 aliphatic carbocycles. The standard InChI is InChI=1S/C10H16N2O6/c1-10(18)2-3-12(5-10)9(17)11-6(8(15)16)4-7(13)14/h6,18H,2-5H2,1H3,(H,11,17)(H,13,14)(H,15,16)/t6-,10?/m1/s1. The molecule has 0 spiro atoms. The molecule has 1 heterocycles. The Hall–Kier alpha value is -1.83. The van der Waals surface area contributed by atoms with Crippen molar-refractivity contribution < 1.29 is 29.7 Å². The molecule has 4 N–H and O–H groups in total. The van der Waals surface area contributed by atoms with Crippen LogP contribution in [0.2, 0.25) is 0 Å². The number of hydrogen-bond acceptors (Lipinski definition) is 4. The van der Waals surface area contributed by atoms with E-state index < -0.39 is 36.0 Å². The number of amides is 2. The SMILES string of the molecule is CC1(O)CCN(C(=O)N[C@H](CC(=O)O)C(=O)O)C1. The van der Waals surface area contributed by atoms with Gasteiger partial charge in [-0.15, -0.1) is 0 Å². The fraction of sp³-hybridized carbons (Fsp3) is 0.700. The molecule has 1 saturated heterocycles. The summed E-state index contributed by atoms with van der Waals surface area (Å²) in [4.78, 5) is 34.2. The van der Waals surface area contributed by atoms with Crippen LogP contribution in [0.1, 0.15) is 19.8 Å². The maximum atomic E-state index is 11.7. The van der Waals surface area contributed by atoms with Gasteiger partial charge in [0.25, 0.3) is 0 Å². The number of nitrogens with zero attached hydrogens (tertiary/aromatic N) is 1. The van der Waals surface area contributed by atoms with Crippen LogP contribution in [0.15, 0.2) is 0 Å². The zero-order chi connectivity index (χ0) is 13.9. The van der Waals surface area contributed by atoms with Crippen LogP contribution in [0.5, 0.6) is 0 Å². The molecular weight excluding hydrogens is 244 g/mol. The summed E-state index contributed by atoms with van der Waals surface area (Å²) >= 11 is 0. The van der Waals surface area contributed by atoms with E-state index in [4.69, 9.17) is 10.2 Å². The number of urea groups is 1. The first kappa shape index (κ1) is 14.2. The van der Waals surface area contributed by atoms with Crippen LogP contribution in [0.3, 0.4) is 0 Å². The van der Waals surface area contributed by atoms with Crippen LogP contribution in [0.4, 0.5) is 4.79 Å². The Bertz CT molecular complexity index is 367. The Balaban J connectivity index is 2.57. The number of hydrogen-bond donors (Lipinski definition) is 4. The topological polar surface area (TPSA) is 127 Å². The van der Waals surface area contributed by atoms with Gasteiger partial charge in [0.1, 0.15) is 6.04 Å². The van der Waals surface area contributed by atoms with Gasteiger partial charge in [0.05, 0.1) is 18.6 Å². The normalized spacial score (nSPS) is 24.7. The van der Waals surface area contributed by atoms with Gasteiger partial charge in [0.15, 0.2) is 0 Å². The van der Waals surface area contributed by atoms with Crippen LogP contribution in [-0.4, -0.2) is 62.9 Å². The number of nitrogens with one attached hydrogen (secondary N) is 1. The highest BCUT2D eigenvalue weighted by Gasteiger charge is 2.35. The van der Waals surface area contributed by atoms with Crippen molar-refractivity contribution in [3.8, 4) is 0 Å². The first-order chi connectivity index (χ1) is 8.21. The average Bonchev–Trinajstić information content (AvgIpc) is 2.57. The molecule has 8 heteroatoms. The molecular formula is C10H16N2O6. The number of likely N-dealkylation sites (tertiary alicyclic amines) is 1. The minimum Gasteiger partial charge on any atom is -0.481 e. The van der Waals surface area contributed by atoms with Gasteiger partial charge in [-0.2, -0.15) is 0 Å². The maximum Gasteiger partial charge on any atom is 0.326 e. The molecule has 2 atom stereocenters. The number of β-amino-alcohol motifs (C(OH)–C–C–N with tert-alkyl or cyclic N) is 1. The summed E-state index contributed by atoms with van der Waals surface area (Å²) in [6.07, 6.45) is -0.289. The number of carboxylic acids is 2. The summed E-state index contributed by atoms with van der Waals surface area (Å²) in [7, 11) is 0. The monoisotopic (exact) mass is 260 g/mol. The Labute approximate surface area is 103 Å². The quantitative estimate of drug-likeness (QED) is 0.517. The summed E-state index contributed by atoms with van der Waals surface area (Å²) in [6.45, 7) is 1.97. The van der Waals surface area contributed by atoms with Crippen molar-refractivity contribution in [3.05, 3.63) is 0 Å². The number of aliphatic hydroxyl groups is 1. The van der Waals surface area contributed by atoms with E-state index in [2.05, 4.69) is 5.32 Å². The van der Waals surface area contributed by atoms with Crippen molar-refractivity contribution in [2.45, 2.75) is 31.4 Å². The summed E-state index contributed by atoms with van der Waals surface area (Å²) in [5.74, 6) is -2.71. The van der Waals surface area contributed by atoms with Gasteiger partial charge in [-0.1, -0.05) is 0 Å². The number of carbonyl (C=O) groups is 3. The molecule has 0 aromatic heterocycles. The Kier molecular flexibility index (Phi) is 4.12. The largest absolute Gasteiger partial charge is 0.481 e. The molecule has 102 valence electrons. The molecule has 0 saturated carbocycles. The predicted octanol–water partition coefficient (Wildman–Crippen LogP) is -0.919. The lowest BCUT2D eigenvalue weighted by Crippen LogP contribution is -2.48. The molecule has 0 aromatic rings. The van der Waals surface area contributed by atoms with E-state index in [0.29, 0.717) is 13.0 Å². The van der Waals surface area contributed by atoms with Crippen LogP contribution in [-0.2, 0) is 9.59 Å². The molecule has 0 bridgehead atoms. The molecule has 1 unspecified atom stereocenters. The highest BCUT2D eigenvalue weighted by Crippen LogP contribution is 2.20. The van der Waals surface area contributed by atoms with Gasteiger partial charge in [0.2, 0.25) is 0 Å². The van der Waals surface area contributed by atoms with E-state index >= 15 is 0 Å². The lowest BCUT2D eigenvalue weighted by atomic mass is 10.1. The van der Waals surface area contributed by atoms with Crippen LogP contribution in [0.25, 0.3) is 0 Å². The Morgan fingerprint density at radius 1 is 1.39 bits per heavy atom. The number of carbonyl (C=O) groups excluding carboxylic acids is 1. The molecule has 1 aliphatic heterocycles. The molecule has 0 aromatic carbocycles. The van der Waals surface area contributed by atoms with E-state index in [9.17, 15) is 19.5 Å². The average molecular weight is 260 g/mol. The van der Waals surface area contributed by atoms with E-state index in [1.165, 1.54) is 4.90 Å². The van der Waals surface area contributed by atoms with Gasteiger partial charge in [-0.05, 0) is 13.3 Å². The van der Waals surface area contributed by atoms with Crippen LogP contribution < -0.4 is 5.32 Å². The second-order valence-electron chi connectivity index (χ2n) is 4.61. The third-order valence-electron chi connectivity index (χ3n) is 2.71. The van der Waals surface area contributed by atoms with Crippen LogP contribution in [0, 0.1) is 0 Å². The lowest BCUT2D eigenvalue weighted by Gasteiger charge is -2.21. The van der Waals surface area contributed by atoms with E-state index in [0.717, 1.165) is 0 Å². The first-order valence-corrected chi connectivity index (χ1v) is 5.44. The zero-order valence-electron chi connectivity index (χ0n) is 9.92. The number of carboxylic acid groups (broad SMARTS) is 2. The Morgan fingerprint density at radius 3 is 2.39 bits per heavy atom. The highest BCUT2D eigenvalue weighted by molar-refractivity contribution is 5.86. The second kappa shape index (κ2) is 5.21.